The van der Waals surface area contributed by atoms with Crippen molar-refractivity contribution in [3.8, 4) is 0 Å². The Morgan fingerprint density at radius 2 is 2.00 bits per heavy atom. The lowest BCUT2D eigenvalue weighted by atomic mass is 10.1. The van der Waals surface area contributed by atoms with Gasteiger partial charge in [-0.2, -0.15) is 5.10 Å². The standard InChI is InChI=1S/C17H25N3O4/c1-7-13(15(21)24-17(3,4)5)10-12(2)8-9-20-14(16(22)23-6)18-11-19-20/h7,10-11H,8-9H2,1-6H3/b12-10+,13-7+. The van der Waals surface area contributed by atoms with Crippen LogP contribution >= 0.6 is 0 Å². The number of carbonyl (C=O) groups is 2. The van der Waals surface area contributed by atoms with Crippen LogP contribution in [0.3, 0.4) is 0 Å². The molecule has 7 nitrogen and oxygen atoms in total. The third-order valence-electron chi connectivity index (χ3n) is 3.05. The molecule has 0 aliphatic heterocycles. The predicted molar refractivity (Wildman–Crippen MR) is 89.3 cm³/mol. The highest BCUT2D eigenvalue weighted by molar-refractivity contribution is 5.91. The third kappa shape index (κ3) is 5.98. The van der Waals surface area contributed by atoms with E-state index in [1.165, 1.54) is 18.1 Å². The zero-order chi connectivity index (χ0) is 18.3. The van der Waals surface area contributed by atoms with E-state index in [9.17, 15) is 9.59 Å². The molecule has 0 unspecified atom stereocenters. The van der Waals surface area contributed by atoms with Crippen molar-refractivity contribution < 1.29 is 19.1 Å². The molecule has 1 heterocycles. The van der Waals surface area contributed by atoms with E-state index in [0.717, 1.165) is 5.57 Å². The Bertz CT molecular complexity index is 651. The van der Waals surface area contributed by atoms with E-state index in [1.54, 1.807) is 19.1 Å². The van der Waals surface area contributed by atoms with Gasteiger partial charge >= 0.3 is 11.9 Å². The van der Waals surface area contributed by atoms with E-state index in [-0.39, 0.29) is 11.8 Å². The molecule has 7 heteroatoms. The molecule has 132 valence electrons. The van der Waals surface area contributed by atoms with Gasteiger partial charge in [0.05, 0.1) is 12.7 Å². The first-order chi connectivity index (χ1) is 11.2. The van der Waals surface area contributed by atoms with Crippen LogP contribution in [-0.4, -0.2) is 39.4 Å². The van der Waals surface area contributed by atoms with Gasteiger partial charge in [-0.3, -0.25) is 0 Å². The molecule has 0 aliphatic carbocycles. The summed E-state index contributed by atoms with van der Waals surface area (Å²) in [5.41, 5.74) is 0.915. The fraction of sp³-hybridized carbons (Fsp3) is 0.529. The molecule has 1 rings (SSSR count). The first kappa shape index (κ1) is 19.6. The Balaban J connectivity index is 2.75. The maximum absolute atomic E-state index is 12.1. The maximum atomic E-state index is 12.1. The number of hydrogen-bond donors (Lipinski definition) is 0. The maximum Gasteiger partial charge on any atom is 0.375 e. The topological polar surface area (TPSA) is 83.3 Å². The molecule has 0 atom stereocenters. The molecule has 0 aliphatic rings. The van der Waals surface area contributed by atoms with Crippen molar-refractivity contribution in [1.29, 1.82) is 0 Å². The van der Waals surface area contributed by atoms with Gasteiger partial charge in [0.2, 0.25) is 5.82 Å². The Hall–Kier alpha value is -2.44. The third-order valence-corrected chi connectivity index (χ3v) is 3.05. The molecule has 1 aromatic heterocycles. The van der Waals surface area contributed by atoms with E-state index in [0.29, 0.717) is 18.5 Å². The first-order valence-electron chi connectivity index (χ1n) is 7.71. The number of allylic oxidation sites excluding steroid dienone is 2. The zero-order valence-corrected chi connectivity index (χ0v) is 15.1. The molecule has 1 aromatic rings. The van der Waals surface area contributed by atoms with Crippen molar-refractivity contribution in [2.24, 2.45) is 0 Å². The number of carbonyl (C=O) groups excluding carboxylic acids is 2. The second-order valence-corrected chi connectivity index (χ2v) is 6.28. The summed E-state index contributed by atoms with van der Waals surface area (Å²) in [6, 6.07) is 0. The molecular weight excluding hydrogens is 310 g/mol. The van der Waals surface area contributed by atoms with Crippen molar-refractivity contribution in [1.82, 2.24) is 14.8 Å². The van der Waals surface area contributed by atoms with Crippen molar-refractivity contribution in [2.75, 3.05) is 7.11 Å². The zero-order valence-electron chi connectivity index (χ0n) is 15.1. The van der Waals surface area contributed by atoms with E-state index in [2.05, 4.69) is 14.8 Å². The largest absolute Gasteiger partial charge is 0.463 e. The van der Waals surface area contributed by atoms with Gasteiger partial charge in [-0.05, 0) is 47.1 Å². The van der Waals surface area contributed by atoms with Gasteiger partial charge in [-0.15, -0.1) is 0 Å². The van der Waals surface area contributed by atoms with Gasteiger partial charge in [0.15, 0.2) is 0 Å². The Morgan fingerprint density at radius 1 is 1.33 bits per heavy atom. The summed E-state index contributed by atoms with van der Waals surface area (Å²) in [6.45, 7) is 9.63. The molecule has 0 aromatic carbocycles. The lowest BCUT2D eigenvalue weighted by molar-refractivity contribution is -0.149. The van der Waals surface area contributed by atoms with Crippen LogP contribution in [0.5, 0.6) is 0 Å². The lowest BCUT2D eigenvalue weighted by Gasteiger charge is -2.20. The first-order valence-corrected chi connectivity index (χ1v) is 7.71. The fourth-order valence-electron chi connectivity index (χ4n) is 1.89. The van der Waals surface area contributed by atoms with Crippen LogP contribution in [-0.2, 0) is 20.8 Å². The monoisotopic (exact) mass is 335 g/mol. The summed E-state index contributed by atoms with van der Waals surface area (Å²) in [4.78, 5) is 27.6. The Morgan fingerprint density at radius 3 is 2.54 bits per heavy atom. The molecule has 0 saturated heterocycles. The summed E-state index contributed by atoms with van der Waals surface area (Å²) in [6.07, 6.45) is 5.41. The highest BCUT2D eigenvalue weighted by Crippen LogP contribution is 2.14. The van der Waals surface area contributed by atoms with Crippen LogP contribution in [0.4, 0.5) is 0 Å². The molecule has 0 N–H and O–H groups in total. The van der Waals surface area contributed by atoms with Crippen LogP contribution in [0, 0.1) is 0 Å². The number of aryl methyl sites for hydroxylation is 1. The summed E-state index contributed by atoms with van der Waals surface area (Å²) < 4.78 is 11.5. The van der Waals surface area contributed by atoms with Crippen LogP contribution in [0.1, 0.15) is 51.7 Å². The smallest absolute Gasteiger partial charge is 0.375 e. The molecule has 0 radical (unpaired) electrons. The van der Waals surface area contributed by atoms with Crippen LogP contribution in [0.25, 0.3) is 0 Å². The molecular formula is C17H25N3O4. The summed E-state index contributed by atoms with van der Waals surface area (Å²) in [5.74, 6) is -0.735. The number of nitrogens with zero attached hydrogens (tertiary/aromatic N) is 3. The van der Waals surface area contributed by atoms with Crippen LogP contribution < -0.4 is 0 Å². The van der Waals surface area contributed by atoms with Crippen molar-refractivity contribution >= 4 is 11.9 Å². The van der Waals surface area contributed by atoms with Gasteiger partial charge in [0.1, 0.15) is 11.9 Å². The second-order valence-electron chi connectivity index (χ2n) is 6.28. The molecule has 0 saturated carbocycles. The average molecular weight is 335 g/mol. The van der Waals surface area contributed by atoms with Gasteiger partial charge < -0.3 is 9.47 Å². The number of rotatable bonds is 6. The average Bonchev–Trinajstić information content (AvgIpc) is 2.96. The number of hydrogen-bond acceptors (Lipinski definition) is 6. The highest BCUT2D eigenvalue weighted by atomic mass is 16.6. The highest BCUT2D eigenvalue weighted by Gasteiger charge is 2.18. The fourth-order valence-corrected chi connectivity index (χ4v) is 1.89. The normalized spacial score (nSPS) is 12.9. The Kier molecular flexibility index (Phi) is 6.88. The van der Waals surface area contributed by atoms with E-state index in [1.807, 2.05) is 27.7 Å². The number of esters is 2. The Labute approximate surface area is 142 Å². The minimum Gasteiger partial charge on any atom is -0.463 e. The van der Waals surface area contributed by atoms with E-state index < -0.39 is 11.6 Å². The predicted octanol–water partition coefficient (Wildman–Crippen LogP) is 2.69. The molecule has 24 heavy (non-hydrogen) atoms. The van der Waals surface area contributed by atoms with Crippen molar-refractivity contribution in [2.45, 2.75) is 53.2 Å². The molecule has 0 spiro atoms. The molecule has 0 bridgehead atoms. The second kappa shape index (κ2) is 8.42. The van der Waals surface area contributed by atoms with Crippen molar-refractivity contribution in [3.63, 3.8) is 0 Å². The molecule has 0 amide bonds. The minimum absolute atomic E-state index is 0.156. The lowest BCUT2D eigenvalue weighted by Crippen LogP contribution is -2.24. The van der Waals surface area contributed by atoms with Gasteiger partial charge in [0.25, 0.3) is 0 Å². The summed E-state index contributed by atoms with van der Waals surface area (Å²) in [7, 11) is 1.30. The quantitative estimate of drug-likeness (QED) is 0.451. The SMILES string of the molecule is C/C=C(\C=C(/C)CCn1ncnc1C(=O)OC)C(=O)OC(C)(C)C. The number of ether oxygens (including phenoxy) is 2. The number of aromatic nitrogens is 3. The molecule has 0 fully saturated rings. The van der Waals surface area contributed by atoms with Crippen LogP contribution in [0.2, 0.25) is 0 Å². The summed E-state index contributed by atoms with van der Waals surface area (Å²) in [5, 5.41) is 4.01. The van der Waals surface area contributed by atoms with Crippen LogP contribution in [0.15, 0.2) is 29.6 Å². The van der Waals surface area contributed by atoms with E-state index >= 15 is 0 Å². The van der Waals surface area contributed by atoms with Gasteiger partial charge in [-0.1, -0.05) is 11.6 Å². The number of methoxy groups -OCH3 is 1. The van der Waals surface area contributed by atoms with E-state index in [4.69, 9.17) is 4.74 Å². The summed E-state index contributed by atoms with van der Waals surface area (Å²) >= 11 is 0. The van der Waals surface area contributed by atoms with Gasteiger partial charge in [-0.25, -0.2) is 19.3 Å². The van der Waals surface area contributed by atoms with Crippen molar-refractivity contribution in [3.05, 3.63) is 35.4 Å². The minimum atomic E-state index is -0.538. The van der Waals surface area contributed by atoms with Gasteiger partial charge in [0, 0.05) is 6.54 Å².